The van der Waals surface area contributed by atoms with Crippen LogP contribution >= 0.6 is 11.8 Å². The van der Waals surface area contributed by atoms with E-state index in [9.17, 15) is 4.79 Å². The van der Waals surface area contributed by atoms with Gasteiger partial charge in [-0.1, -0.05) is 42.1 Å². The van der Waals surface area contributed by atoms with E-state index in [4.69, 9.17) is 4.42 Å². The summed E-state index contributed by atoms with van der Waals surface area (Å²) in [7, 11) is 0. The smallest absolute Gasteiger partial charge is 0.233 e. The highest BCUT2D eigenvalue weighted by atomic mass is 32.2. The first-order valence-corrected chi connectivity index (χ1v) is 8.87. The van der Waals surface area contributed by atoms with Crippen molar-refractivity contribution in [2.45, 2.75) is 30.7 Å². The second-order valence-electron chi connectivity index (χ2n) is 5.56. The van der Waals surface area contributed by atoms with E-state index in [0.29, 0.717) is 12.4 Å². The Balaban J connectivity index is 1.67. The lowest BCUT2D eigenvalue weighted by Crippen LogP contribution is -2.30. The maximum atomic E-state index is 12.3. The summed E-state index contributed by atoms with van der Waals surface area (Å²) >= 11 is 1.42. The predicted octanol–water partition coefficient (Wildman–Crippen LogP) is 3.84. The van der Waals surface area contributed by atoms with Gasteiger partial charge in [-0.2, -0.15) is 0 Å². The van der Waals surface area contributed by atoms with Crippen molar-refractivity contribution >= 4 is 17.7 Å². The zero-order valence-electron chi connectivity index (χ0n) is 14.1. The molecule has 0 aliphatic carbocycles. The van der Waals surface area contributed by atoms with E-state index in [-0.39, 0.29) is 11.2 Å². The Kier molecular flexibility index (Phi) is 5.50. The molecule has 2 heterocycles. The number of carbonyl (C=O) groups is 1. The van der Waals surface area contributed by atoms with E-state index in [1.54, 1.807) is 12.3 Å². The van der Waals surface area contributed by atoms with Crippen LogP contribution in [0.3, 0.4) is 0 Å². The lowest BCUT2D eigenvalue weighted by atomic mass is 10.1. The summed E-state index contributed by atoms with van der Waals surface area (Å²) in [5, 5.41) is 3.38. The topological polar surface area (TPSA) is 68.0 Å². The fourth-order valence-corrected chi connectivity index (χ4v) is 3.24. The summed E-state index contributed by atoms with van der Waals surface area (Å²) in [6.07, 6.45) is 1.59. The van der Waals surface area contributed by atoms with Crippen LogP contribution in [0.4, 0.5) is 0 Å². The molecule has 2 aromatic heterocycles. The minimum Gasteiger partial charge on any atom is -0.467 e. The molecule has 1 N–H and O–H groups in total. The van der Waals surface area contributed by atoms with Gasteiger partial charge in [0.2, 0.25) is 5.91 Å². The largest absolute Gasteiger partial charge is 0.467 e. The number of hydrogen-bond donors (Lipinski definition) is 1. The molecule has 1 amide bonds. The Bertz CT molecular complexity index is 835. The molecule has 0 radical (unpaired) electrons. The molecule has 0 spiro atoms. The molecular formula is C19H19N3O2S. The third kappa shape index (κ3) is 4.70. The monoisotopic (exact) mass is 353 g/mol. The summed E-state index contributed by atoms with van der Waals surface area (Å²) in [6.45, 7) is 4.11. The Morgan fingerprint density at radius 1 is 1.20 bits per heavy atom. The normalized spacial score (nSPS) is 11.9. The SMILES string of the molecule is Cc1nc(S[C@@H](C)C(=O)NCc2ccco2)cc(-c2ccccc2)n1. The Morgan fingerprint density at radius 2 is 2.00 bits per heavy atom. The number of hydrogen-bond acceptors (Lipinski definition) is 5. The van der Waals surface area contributed by atoms with E-state index in [1.807, 2.05) is 56.3 Å². The molecule has 5 nitrogen and oxygen atoms in total. The number of nitrogens with zero attached hydrogens (tertiary/aromatic N) is 2. The third-order valence-electron chi connectivity index (χ3n) is 3.57. The Labute approximate surface area is 150 Å². The lowest BCUT2D eigenvalue weighted by Gasteiger charge is -2.12. The van der Waals surface area contributed by atoms with Gasteiger partial charge in [0.1, 0.15) is 16.6 Å². The van der Waals surface area contributed by atoms with Crippen molar-refractivity contribution in [2.24, 2.45) is 0 Å². The van der Waals surface area contributed by atoms with Crippen LogP contribution < -0.4 is 5.32 Å². The molecule has 0 saturated heterocycles. The number of amides is 1. The minimum atomic E-state index is -0.270. The molecule has 1 aromatic carbocycles. The molecular weight excluding hydrogens is 334 g/mol. The fraction of sp³-hybridized carbons (Fsp3) is 0.211. The quantitative estimate of drug-likeness (QED) is 0.539. The zero-order valence-corrected chi connectivity index (χ0v) is 14.9. The number of carbonyl (C=O) groups excluding carboxylic acids is 1. The van der Waals surface area contributed by atoms with Gasteiger partial charge < -0.3 is 9.73 Å². The van der Waals surface area contributed by atoms with Crippen molar-refractivity contribution in [3.05, 3.63) is 66.4 Å². The van der Waals surface area contributed by atoms with Gasteiger partial charge in [0, 0.05) is 5.56 Å². The highest BCUT2D eigenvalue weighted by molar-refractivity contribution is 8.00. The summed E-state index contributed by atoms with van der Waals surface area (Å²) in [6, 6.07) is 15.5. The van der Waals surface area contributed by atoms with Crippen molar-refractivity contribution in [1.29, 1.82) is 0 Å². The van der Waals surface area contributed by atoms with Gasteiger partial charge in [0.25, 0.3) is 0 Å². The van der Waals surface area contributed by atoms with Gasteiger partial charge >= 0.3 is 0 Å². The standard InChI is InChI=1S/C19H19N3O2S/c1-13(19(23)20-12-16-9-6-10-24-16)25-18-11-17(21-14(2)22-18)15-7-4-3-5-8-15/h3-11,13H,12H2,1-2H3,(H,20,23)/t13-/m0/s1. The van der Waals surface area contributed by atoms with Gasteiger partial charge in [-0.05, 0) is 32.0 Å². The molecule has 1 atom stereocenters. The van der Waals surface area contributed by atoms with E-state index >= 15 is 0 Å². The molecule has 25 heavy (non-hydrogen) atoms. The Morgan fingerprint density at radius 3 is 2.72 bits per heavy atom. The van der Waals surface area contributed by atoms with Gasteiger partial charge in [-0.3, -0.25) is 4.79 Å². The molecule has 0 saturated carbocycles. The number of nitrogens with one attached hydrogen (secondary N) is 1. The van der Waals surface area contributed by atoms with Crippen LogP contribution in [0.2, 0.25) is 0 Å². The summed E-state index contributed by atoms with van der Waals surface area (Å²) in [4.78, 5) is 21.2. The van der Waals surface area contributed by atoms with Crippen molar-refractivity contribution in [3.8, 4) is 11.3 Å². The van der Waals surface area contributed by atoms with E-state index < -0.39 is 0 Å². The maximum absolute atomic E-state index is 12.3. The highest BCUT2D eigenvalue weighted by Gasteiger charge is 2.16. The van der Waals surface area contributed by atoms with E-state index in [2.05, 4.69) is 15.3 Å². The van der Waals surface area contributed by atoms with Crippen molar-refractivity contribution in [3.63, 3.8) is 0 Å². The first-order chi connectivity index (χ1) is 12.1. The van der Waals surface area contributed by atoms with Crippen molar-refractivity contribution in [1.82, 2.24) is 15.3 Å². The van der Waals surface area contributed by atoms with Crippen LogP contribution in [0.5, 0.6) is 0 Å². The number of furan rings is 1. The number of benzene rings is 1. The molecule has 0 fully saturated rings. The van der Waals surface area contributed by atoms with Crippen molar-refractivity contribution < 1.29 is 9.21 Å². The lowest BCUT2D eigenvalue weighted by molar-refractivity contribution is -0.120. The van der Waals surface area contributed by atoms with Gasteiger partial charge in [-0.25, -0.2) is 9.97 Å². The number of aryl methyl sites for hydroxylation is 1. The predicted molar refractivity (Wildman–Crippen MR) is 98.1 cm³/mol. The molecule has 6 heteroatoms. The molecule has 128 valence electrons. The minimum absolute atomic E-state index is 0.0565. The van der Waals surface area contributed by atoms with Gasteiger partial charge in [0.15, 0.2) is 0 Å². The molecule has 3 rings (SSSR count). The van der Waals surface area contributed by atoms with Crippen LogP contribution in [0.15, 0.2) is 64.2 Å². The van der Waals surface area contributed by atoms with Crippen molar-refractivity contribution in [2.75, 3.05) is 0 Å². The third-order valence-corrected chi connectivity index (χ3v) is 4.59. The van der Waals surface area contributed by atoms with Gasteiger partial charge in [-0.15, -0.1) is 0 Å². The van der Waals surface area contributed by atoms with Crippen LogP contribution in [0.1, 0.15) is 18.5 Å². The maximum Gasteiger partial charge on any atom is 0.233 e. The average Bonchev–Trinajstić information content (AvgIpc) is 3.13. The molecule has 0 unspecified atom stereocenters. The fourth-order valence-electron chi connectivity index (χ4n) is 2.32. The van der Waals surface area contributed by atoms with Crippen LogP contribution in [0.25, 0.3) is 11.3 Å². The first-order valence-electron chi connectivity index (χ1n) is 7.99. The average molecular weight is 353 g/mol. The van der Waals surface area contributed by atoms with Crippen LogP contribution in [0, 0.1) is 6.92 Å². The molecule has 0 bridgehead atoms. The molecule has 0 aliphatic rings. The second-order valence-corrected chi connectivity index (χ2v) is 6.92. The van der Waals surface area contributed by atoms with Gasteiger partial charge in [0.05, 0.1) is 23.8 Å². The summed E-state index contributed by atoms with van der Waals surface area (Å²) in [5.41, 5.74) is 1.89. The number of rotatable bonds is 6. The summed E-state index contributed by atoms with van der Waals surface area (Å²) < 4.78 is 5.22. The number of aromatic nitrogens is 2. The van der Waals surface area contributed by atoms with Crippen LogP contribution in [-0.2, 0) is 11.3 Å². The number of thioether (sulfide) groups is 1. The molecule has 3 aromatic rings. The summed E-state index contributed by atoms with van der Waals surface area (Å²) in [5.74, 6) is 1.36. The molecule has 0 aliphatic heterocycles. The second kappa shape index (κ2) is 7.98. The Hall–Kier alpha value is -2.60. The van der Waals surface area contributed by atoms with Crippen LogP contribution in [-0.4, -0.2) is 21.1 Å². The zero-order chi connectivity index (χ0) is 17.6. The van der Waals surface area contributed by atoms with E-state index in [1.165, 1.54) is 11.8 Å². The van der Waals surface area contributed by atoms with E-state index in [0.717, 1.165) is 22.0 Å². The first kappa shape index (κ1) is 17.2. The highest BCUT2D eigenvalue weighted by Crippen LogP contribution is 2.26.